The summed E-state index contributed by atoms with van der Waals surface area (Å²) in [5.41, 5.74) is 1.89. The monoisotopic (exact) mass is 275 g/mol. The molecule has 1 amide bonds. The molecule has 1 saturated heterocycles. The number of amides is 1. The summed E-state index contributed by atoms with van der Waals surface area (Å²) >= 11 is 6.07. The van der Waals surface area contributed by atoms with Gasteiger partial charge in [0.1, 0.15) is 11.5 Å². The van der Waals surface area contributed by atoms with Crippen LogP contribution in [0.2, 0.25) is 5.15 Å². The lowest BCUT2D eigenvalue weighted by atomic mass is 10.1. The highest BCUT2D eigenvalue weighted by molar-refractivity contribution is 6.34. The Hall–Kier alpha value is -1.68. The van der Waals surface area contributed by atoms with E-state index in [1.165, 1.54) is 6.33 Å². The summed E-state index contributed by atoms with van der Waals surface area (Å²) in [5, 5.41) is 1.29. The number of likely N-dealkylation sites (tertiary alicyclic amines) is 1. The van der Waals surface area contributed by atoms with Crippen LogP contribution in [0.5, 0.6) is 0 Å². The first-order valence-electron chi connectivity index (χ1n) is 6.33. The third-order valence-electron chi connectivity index (χ3n) is 3.59. The second-order valence-electron chi connectivity index (χ2n) is 4.97. The molecule has 0 unspecified atom stereocenters. The van der Waals surface area contributed by atoms with Crippen molar-refractivity contribution in [3.05, 3.63) is 35.2 Å². The number of carbonyl (C=O) groups is 1. The molecule has 2 aromatic rings. The average Bonchev–Trinajstić information content (AvgIpc) is 2.72. The second-order valence-corrected chi connectivity index (χ2v) is 5.32. The first kappa shape index (κ1) is 12.4. The maximum atomic E-state index is 11.9. The van der Waals surface area contributed by atoms with E-state index in [1.807, 2.05) is 30.0 Å². The van der Waals surface area contributed by atoms with Crippen LogP contribution < -0.4 is 0 Å². The highest BCUT2D eigenvalue weighted by Gasteiger charge is 2.27. The van der Waals surface area contributed by atoms with Crippen molar-refractivity contribution >= 4 is 28.4 Å². The molecular weight excluding hydrogens is 262 g/mol. The van der Waals surface area contributed by atoms with Gasteiger partial charge in [-0.2, -0.15) is 0 Å². The summed E-state index contributed by atoms with van der Waals surface area (Å²) < 4.78 is 0. The van der Waals surface area contributed by atoms with Gasteiger partial charge >= 0.3 is 0 Å². The predicted octanol–water partition coefficient (Wildman–Crippen LogP) is 2.65. The van der Waals surface area contributed by atoms with Crippen LogP contribution in [-0.4, -0.2) is 27.3 Å². The molecule has 5 heteroatoms. The number of hydrogen-bond donors (Lipinski definition) is 0. The minimum atomic E-state index is 0.146. The van der Waals surface area contributed by atoms with E-state index >= 15 is 0 Å². The van der Waals surface area contributed by atoms with Crippen molar-refractivity contribution in [1.82, 2.24) is 14.9 Å². The molecule has 1 aliphatic heterocycles. The lowest BCUT2D eigenvalue weighted by Crippen LogP contribution is -2.26. The van der Waals surface area contributed by atoms with Crippen molar-refractivity contribution in [2.45, 2.75) is 19.9 Å². The van der Waals surface area contributed by atoms with Gasteiger partial charge in [-0.05, 0) is 24.1 Å². The molecule has 1 aromatic heterocycles. The Kier molecular flexibility index (Phi) is 3.11. The maximum absolute atomic E-state index is 11.9. The zero-order chi connectivity index (χ0) is 13.4. The van der Waals surface area contributed by atoms with E-state index in [4.69, 9.17) is 11.6 Å². The molecule has 19 heavy (non-hydrogen) atoms. The Balaban J connectivity index is 1.90. The van der Waals surface area contributed by atoms with Crippen molar-refractivity contribution in [3.8, 4) is 0 Å². The zero-order valence-corrected chi connectivity index (χ0v) is 11.4. The van der Waals surface area contributed by atoms with Crippen molar-refractivity contribution in [2.75, 3.05) is 6.54 Å². The Morgan fingerprint density at radius 3 is 3.00 bits per heavy atom. The molecule has 1 atom stereocenters. The van der Waals surface area contributed by atoms with Crippen molar-refractivity contribution in [1.29, 1.82) is 0 Å². The van der Waals surface area contributed by atoms with Gasteiger partial charge < -0.3 is 4.90 Å². The van der Waals surface area contributed by atoms with Crippen molar-refractivity contribution in [3.63, 3.8) is 0 Å². The SMILES string of the molecule is C[C@H]1CCN(Cc2ccc3ncnc(Cl)c3c2)C1=O. The Bertz CT molecular complexity index is 644. The summed E-state index contributed by atoms with van der Waals surface area (Å²) in [5.74, 6) is 0.378. The Morgan fingerprint density at radius 1 is 1.42 bits per heavy atom. The summed E-state index contributed by atoms with van der Waals surface area (Å²) in [7, 11) is 0. The number of fused-ring (bicyclic) bond motifs is 1. The number of benzene rings is 1. The maximum Gasteiger partial charge on any atom is 0.225 e. The van der Waals surface area contributed by atoms with Crippen LogP contribution in [0, 0.1) is 5.92 Å². The number of carbonyl (C=O) groups excluding carboxylic acids is 1. The number of halogens is 1. The molecule has 0 N–H and O–H groups in total. The third-order valence-corrected chi connectivity index (χ3v) is 3.89. The van der Waals surface area contributed by atoms with Gasteiger partial charge in [0.2, 0.25) is 5.91 Å². The quantitative estimate of drug-likeness (QED) is 0.792. The predicted molar refractivity (Wildman–Crippen MR) is 73.7 cm³/mol. The molecule has 0 bridgehead atoms. The van der Waals surface area contributed by atoms with Crippen LogP contribution >= 0.6 is 11.6 Å². The Morgan fingerprint density at radius 2 is 2.26 bits per heavy atom. The highest BCUT2D eigenvalue weighted by atomic mass is 35.5. The standard InChI is InChI=1S/C14H14ClN3O/c1-9-4-5-18(14(9)19)7-10-2-3-12-11(6-10)13(15)17-8-16-12/h2-3,6,8-9H,4-5,7H2,1H3/t9-/m0/s1. The van der Waals surface area contributed by atoms with Crippen LogP contribution in [0.1, 0.15) is 18.9 Å². The summed E-state index contributed by atoms with van der Waals surface area (Å²) in [6.45, 7) is 3.44. The van der Waals surface area contributed by atoms with Crippen molar-refractivity contribution < 1.29 is 4.79 Å². The molecular formula is C14H14ClN3O. The van der Waals surface area contributed by atoms with Gasteiger partial charge in [-0.25, -0.2) is 9.97 Å². The topological polar surface area (TPSA) is 46.1 Å². The summed E-state index contributed by atoms with van der Waals surface area (Å²) in [6, 6.07) is 5.87. The van der Waals surface area contributed by atoms with Crippen LogP contribution in [0.15, 0.2) is 24.5 Å². The average molecular weight is 276 g/mol. The molecule has 1 fully saturated rings. The number of hydrogen-bond acceptors (Lipinski definition) is 3. The second kappa shape index (κ2) is 4.78. The lowest BCUT2D eigenvalue weighted by molar-refractivity contribution is -0.131. The minimum absolute atomic E-state index is 0.146. The Labute approximate surface area is 116 Å². The van der Waals surface area contributed by atoms with E-state index in [2.05, 4.69) is 9.97 Å². The molecule has 0 radical (unpaired) electrons. The van der Waals surface area contributed by atoms with E-state index in [0.29, 0.717) is 11.7 Å². The van der Waals surface area contributed by atoms with E-state index in [-0.39, 0.29) is 11.8 Å². The number of aromatic nitrogens is 2. The van der Waals surface area contributed by atoms with Crippen LogP contribution in [0.25, 0.3) is 10.9 Å². The minimum Gasteiger partial charge on any atom is -0.338 e. The van der Waals surface area contributed by atoms with E-state index in [1.54, 1.807) is 0 Å². The molecule has 1 aliphatic rings. The molecule has 4 nitrogen and oxygen atoms in total. The van der Waals surface area contributed by atoms with Crippen molar-refractivity contribution in [2.24, 2.45) is 5.92 Å². The molecule has 0 saturated carbocycles. The largest absolute Gasteiger partial charge is 0.338 e. The smallest absolute Gasteiger partial charge is 0.225 e. The van der Waals surface area contributed by atoms with Gasteiger partial charge in [0.25, 0.3) is 0 Å². The van der Waals surface area contributed by atoms with E-state index < -0.39 is 0 Å². The fourth-order valence-corrected chi connectivity index (χ4v) is 2.64. The molecule has 3 rings (SSSR count). The normalized spacial score (nSPS) is 19.4. The number of nitrogens with zero attached hydrogens (tertiary/aromatic N) is 3. The van der Waals surface area contributed by atoms with Crippen LogP contribution in [-0.2, 0) is 11.3 Å². The van der Waals surface area contributed by atoms with E-state index in [9.17, 15) is 4.79 Å². The van der Waals surface area contributed by atoms with Gasteiger partial charge in [-0.15, -0.1) is 0 Å². The zero-order valence-electron chi connectivity index (χ0n) is 10.6. The van der Waals surface area contributed by atoms with Crippen LogP contribution in [0.4, 0.5) is 0 Å². The molecule has 0 spiro atoms. The van der Waals surface area contributed by atoms with E-state index in [0.717, 1.165) is 29.4 Å². The van der Waals surface area contributed by atoms with Gasteiger partial charge in [0.05, 0.1) is 5.52 Å². The van der Waals surface area contributed by atoms with Crippen LogP contribution in [0.3, 0.4) is 0 Å². The fraction of sp³-hybridized carbons (Fsp3) is 0.357. The molecule has 2 heterocycles. The molecule has 0 aliphatic carbocycles. The highest BCUT2D eigenvalue weighted by Crippen LogP contribution is 2.23. The summed E-state index contributed by atoms with van der Waals surface area (Å²) in [6.07, 6.45) is 2.40. The van der Waals surface area contributed by atoms with Gasteiger partial charge in [0, 0.05) is 24.4 Å². The molecule has 1 aromatic carbocycles. The molecule has 98 valence electrons. The lowest BCUT2D eigenvalue weighted by Gasteiger charge is -2.16. The number of rotatable bonds is 2. The first-order chi connectivity index (χ1) is 9.15. The van der Waals surface area contributed by atoms with Gasteiger partial charge in [0.15, 0.2) is 0 Å². The van der Waals surface area contributed by atoms with Gasteiger partial charge in [-0.3, -0.25) is 4.79 Å². The first-order valence-corrected chi connectivity index (χ1v) is 6.71. The third kappa shape index (κ3) is 2.28. The fourth-order valence-electron chi connectivity index (χ4n) is 2.44. The van der Waals surface area contributed by atoms with Gasteiger partial charge in [-0.1, -0.05) is 24.6 Å². The summed E-state index contributed by atoms with van der Waals surface area (Å²) in [4.78, 5) is 22.0.